The maximum Gasteiger partial charge on any atom is 0.0656 e. The molecule has 1 heterocycles. The van der Waals surface area contributed by atoms with Crippen LogP contribution in [0.15, 0.2) is 6.20 Å². The molecule has 0 spiro atoms. The fraction of sp³-hybridized carbons (Fsp3) is 0.769. The van der Waals surface area contributed by atoms with Crippen molar-refractivity contribution in [3.8, 4) is 0 Å². The van der Waals surface area contributed by atoms with Gasteiger partial charge in [-0.2, -0.15) is 5.10 Å². The van der Waals surface area contributed by atoms with Crippen LogP contribution in [0.5, 0.6) is 0 Å². The summed E-state index contributed by atoms with van der Waals surface area (Å²) in [5.41, 5.74) is 2.81. The molecule has 0 aliphatic heterocycles. The number of aromatic nitrogens is 2. The highest BCUT2D eigenvalue weighted by atomic mass is 15.3. The van der Waals surface area contributed by atoms with Gasteiger partial charge < -0.3 is 5.32 Å². The Morgan fingerprint density at radius 2 is 2.31 bits per heavy atom. The first-order valence-corrected chi connectivity index (χ1v) is 6.53. The number of nitrogens with one attached hydrogen (secondary N) is 1. The van der Waals surface area contributed by atoms with Crippen molar-refractivity contribution in [1.82, 2.24) is 15.1 Å². The Morgan fingerprint density at radius 3 is 3.00 bits per heavy atom. The second kappa shape index (κ2) is 3.88. The van der Waals surface area contributed by atoms with E-state index in [0.29, 0.717) is 0 Å². The summed E-state index contributed by atoms with van der Waals surface area (Å²) in [6.07, 6.45) is 7.43. The molecule has 3 nitrogen and oxygen atoms in total. The molecular formula is C13H21N3. The third-order valence-corrected chi connectivity index (χ3v) is 3.84. The topological polar surface area (TPSA) is 29.9 Å². The lowest BCUT2D eigenvalue weighted by Crippen LogP contribution is -2.19. The molecule has 88 valence electrons. The van der Waals surface area contributed by atoms with Crippen molar-refractivity contribution in [2.75, 3.05) is 6.54 Å². The highest BCUT2D eigenvalue weighted by Gasteiger charge is 2.40. The highest BCUT2D eigenvalue weighted by Crippen LogP contribution is 2.48. The molecule has 2 saturated carbocycles. The van der Waals surface area contributed by atoms with E-state index in [9.17, 15) is 0 Å². The SMILES string of the molecule is CCc1nn(C)cc1C1CC1CNC1CC1. The van der Waals surface area contributed by atoms with Gasteiger partial charge in [0.25, 0.3) is 0 Å². The van der Waals surface area contributed by atoms with Crippen LogP contribution in [-0.4, -0.2) is 22.4 Å². The predicted octanol–water partition coefficient (Wildman–Crippen LogP) is 1.84. The number of rotatable bonds is 5. The molecule has 3 heteroatoms. The van der Waals surface area contributed by atoms with Crippen molar-refractivity contribution < 1.29 is 0 Å². The zero-order valence-electron chi connectivity index (χ0n) is 10.2. The Hall–Kier alpha value is -0.830. The van der Waals surface area contributed by atoms with Crippen molar-refractivity contribution in [1.29, 1.82) is 0 Å². The zero-order valence-corrected chi connectivity index (χ0v) is 10.2. The standard InChI is InChI=1S/C13H21N3/c1-3-13-12(8-16(2)15-13)11-6-9(11)7-14-10-4-5-10/h8-11,14H,3-7H2,1-2H3. The van der Waals surface area contributed by atoms with E-state index >= 15 is 0 Å². The van der Waals surface area contributed by atoms with Crippen molar-refractivity contribution in [2.45, 2.75) is 44.6 Å². The number of aryl methyl sites for hydroxylation is 2. The minimum Gasteiger partial charge on any atom is -0.314 e. The minimum absolute atomic E-state index is 0.787. The van der Waals surface area contributed by atoms with Gasteiger partial charge in [0.1, 0.15) is 0 Å². The van der Waals surface area contributed by atoms with Gasteiger partial charge >= 0.3 is 0 Å². The average molecular weight is 219 g/mol. The number of hydrogen-bond acceptors (Lipinski definition) is 2. The summed E-state index contributed by atoms with van der Waals surface area (Å²) in [6.45, 7) is 3.42. The van der Waals surface area contributed by atoms with E-state index in [-0.39, 0.29) is 0 Å². The molecule has 0 bridgehead atoms. The van der Waals surface area contributed by atoms with E-state index in [2.05, 4.69) is 23.5 Å². The predicted molar refractivity (Wildman–Crippen MR) is 64.5 cm³/mol. The first-order valence-electron chi connectivity index (χ1n) is 6.53. The zero-order chi connectivity index (χ0) is 11.1. The van der Waals surface area contributed by atoms with Crippen LogP contribution in [0.1, 0.15) is 43.4 Å². The molecular weight excluding hydrogens is 198 g/mol. The number of hydrogen-bond donors (Lipinski definition) is 1. The first kappa shape index (κ1) is 10.3. The Balaban J connectivity index is 1.60. The molecule has 2 atom stereocenters. The minimum atomic E-state index is 0.787. The summed E-state index contributed by atoms with van der Waals surface area (Å²) in [6, 6.07) is 0.848. The van der Waals surface area contributed by atoms with Gasteiger partial charge in [0.15, 0.2) is 0 Å². The van der Waals surface area contributed by atoms with Crippen LogP contribution < -0.4 is 5.32 Å². The van der Waals surface area contributed by atoms with Gasteiger partial charge in [0, 0.05) is 19.3 Å². The molecule has 2 fully saturated rings. The van der Waals surface area contributed by atoms with Crippen LogP contribution in [0.3, 0.4) is 0 Å². The van der Waals surface area contributed by atoms with Gasteiger partial charge in [-0.05, 0) is 49.6 Å². The van der Waals surface area contributed by atoms with E-state index < -0.39 is 0 Å². The molecule has 1 aromatic heterocycles. The van der Waals surface area contributed by atoms with Gasteiger partial charge in [-0.25, -0.2) is 0 Å². The van der Waals surface area contributed by atoms with Crippen LogP contribution >= 0.6 is 0 Å². The first-order chi connectivity index (χ1) is 7.78. The molecule has 1 N–H and O–H groups in total. The average Bonchev–Trinajstić information content (AvgIpc) is 3.16. The van der Waals surface area contributed by atoms with Crippen LogP contribution in [-0.2, 0) is 13.5 Å². The van der Waals surface area contributed by atoms with Crippen LogP contribution in [0.4, 0.5) is 0 Å². The second-order valence-corrected chi connectivity index (χ2v) is 5.34. The molecule has 2 unspecified atom stereocenters. The van der Waals surface area contributed by atoms with E-state index in [1.807, 2.05) is 11.7 Å². The van der Waals surface area contributed by atoms with Gasteiger partial charge in [0.2, 0.25) is 0 Å². The molecule has 2 aliphatic rings. The normalized spacial score (nSPS) is 28.4. The Labute approximate surface area is 97.2 Å². The lowest BCUT2D eigenvalue weighted by molar-refractivity contribution is 0.623. The van der Waals surface area contributed by atoms with E-state index in [1.54, 1.807) is 0 Å². The quantitative estimate of drug-likeness (QED) is 0.819. The van der Waals surface area contributed by atoms with Gasteiger partial charge in [0.05, 0.1) is 5.69 Å². The monoisotopic (exact) mass is 219 g/mol. The molecule has 0 aromatic carbocycles. The molecule has 2 aliphatic carbocycles. The van der Waals surface area contributed by atoms with Gasteiger partial charge in [-0.3, -0.25) is 4.68 Å². The lowest BCUT2D eigenvalue weighted by Gasteiger charge is -2.01. The Kier molecular flexibility index (Phi) is 2.51. The fourth-order valence-corrected chi connectivity index (χ4v) is 2.60. The third kappa shape index (κ3) is 2.01. The molecule has 16 heavy (non-hydrogen) atoms. The second-order valence-electron chi connectivity index (χ2n) is 5.34. The van der Waals surface area contributed by atoms with Crippen molar-refractivity contribution in [3.63, 3.8) is 0 Å². The Morgan fingerprint density at radius 1 is 1.50 bits per heavy atom. The maximum atomic E-state index is 4.53. The molecule has 0 saturated heterocycles. The van der Waals surface area contributed by atoms with Gasteiger partial charge in [-0.1, -0.05) is 6.92 Å². The fourth-order valence-electron chi connectivity index (χ4n) is 2.60. The van der Waals surface area contributed by atoms with Crippen molar-refractivity contribution in [2.24, 2.45) is 13.0 Å². The summed E-state index contributed by atoms with van der Waals surface area (Å²) in [7, 11) is 2.03. The Bertz CT molecular complexity index is 379. The molecule has 0 amide bonds. The third-order valence-electron chi connectivity index (χ3n) is 3.84. The smallest absolute Gasteiger partial charge is 0.0656 e. The number of nitrogens with zero attached hydrogens (tertiary/aromatic N) is 2. The van der Waals surface area contributed by atoms with E-state index in [1.165, 1.54) is 37.1 Å². The van der Waals surface area contributed by atoms with Crippen LogP contribution in [0.2, 0.25) is 0 Å². The summed E-state index contributed by atoms with van der Waals surface area (Å²) in [5.74, 6) is 1.66. The van der Waals surface area contributed by atoms with Crippen LogP contribution in [0.25, 0.3) is 0 Å². The lowest BCUT2D eigenvalue weighted by atomic mass is 10.1. The molecule has 3 rings (SSSR count). The highest BCUT2D eigenvalue weighted by molar-refractivity contribution is 5.28. The summed E-state index contributed by atoms with van der Waals surface area (Å²) < 4.78 is 1.97. The van der Waals surface area contributed by atoms with Crippen molar-refractivity contribution >= 4 is 0 Å². The van der Waals surface area contributed by atoms with Gasteiger partial charge in [-0.15, -0.1) is 0 Å². The molecule has 0 radical (unpaired) electrons. The van der Waals surface area contributed by atoms with Crippen molar-refractivity contribution in [3.05, 3.63) is 17.5 Å². The van der Waals surface area contributed by atoms with E-state index in [0.717, 1.165) is 24.3 Å². The van der Waals surface area contributed by atoms with Crippen LogP contribution in [0, 0.1) is 5.92 Å². The summed E-state index contributed by atoms with van der Waals surface area (Å²) in [5, 5.41) is 8.16. The summed E-state index contributed by atoms with van der Waals surface area (Å²) >= 11 is 0. The van der Waals surface area contributed by atoms with E-state index in [4.69, 9.17) is 0 Å². The largest absolute Gasteiger partial charge is 0.314 e. The molecule has 1 aromatic rings. The summed E-state index contributed by atoms with van der Waals surface area (Å²) in [4.78, 5) is 0. The maximum absolute atomic E-state index is 4.53.